The molecule has 11 rings (SSSR count). The molecule has 0 saturated heterocycles. The molecule has 0 radical (unpaired) electrons. The SMILES string of the molecule is c1ccc(-c2cccc([Si](c3ccccc3)(c3ccccc3)c3cc4c5ccccc5n(-c5ccccc5)c4c4c5ccccc5n(-c5ccccc5)c34)c2)cc1. The lowest BCUT2D eigenvalue weighted by Crippen LogP contribution is -2.75. The molecule has 57 heavy (non-hydrogen) atoms. The maximum Gasteiger partial charge on any atom is 0.181 e. The quantitative estimate of drug-likeness (QED) is 0.114. The van der Waals surface area contributed by atoms with Gasteiger partial charge in [-0.05, 0) is 74.3 Å². The highest BCUT2D eigenvalue weighted by Crippen LogP contribution is 2.42. The summed E-state index contributed by atoms with van der Waals surface area (Å²) in [5.41, 5.74) is 9.61. The van der Waals surface area contributed by atoms with Gasteiger partial charge in [0.2, 0.25) is 0 Å². The highest BCUT2D eigenvalue weighted by molar-refractivity contribution is 7.20. The predicted octanol–water partition coefficient (Wildman–Crippen LogP) is 10.9. The molecule has 9 aromatic carbocycles. The second-order valence-corrected chi connectivity index (χ2v) is 18.6. The number of para-hydroxylation sites is 4. The third kappa shape index (κ3) is 5.10. The van der Waals surface area contributed by atoms with Crippen molar-refractivity contribution < 1.29 is 0 Å². The van der Waals surface area contributed by atoms with Gasteiger partial charge in [0.25, 0.3) is 0 Å². The molecule has 0 saturated carbocycles. The fraction of sp³-hybridized carbons (Fsp3) is 0. The summed E-state index contributed by atoms with van der Waals surface area (Å²) < 4.78 is 5.06. The molecule has 0 fully saturated rings. The lowest BCUT2D eigenvalue weighted by atomic mass is 10.1. The van der Waals surface area contributed by atoms with Crippen LogP contribution >= 0.6 is 0 Å². The van der Waals surface area contributed by atoms with E-state index in [1.165, 1.54) is 75.5 Å². The first-order valence-electron chi connectivity index (χ1n) is 19.7. The molecule has 0 bridgehead atoms. The highest BCUT2D eigenvalue weighted by Gasteiger charge is 2.44. The molecule has 0 spiro atoms. The summed E-state index contributed by atoms with van der Waals surface area (Å²) >= 11 is 0. The Hall–Kier alpha value is -7.20. The molecule has 0 N–H and O–H groups in total. The zero-order valence-electron chi connectivity index (χ0n) is 31.3. The van der Waals surface area contributed by atoms with E-state index in [2.05, 4.69) is 240 Å². The first-order chi connectivity index (χ1) is 28.3. The maximum atomic E-state index is 2.60. The van der Waals surface area contributed by atoms with Crippen LogP contribution in [-0.2, 0) is 0 Å². The van der Waals surface area contributed by atoms with Gasteiger partial charge >= 0.3 is 0 Å². The number of hydrogen-bond donors (Lipinski definition) is 0. The second-order valence-electron chi connectivity index (χ2n) is 14.8. The van der Waals surface area contributed by atoms with Crippen molar-refractivity contribution in [1.82, 2.24) is 9.13 Å². The lowest BCUT2D eigenvalue weighted by Gasteiger charge is -2.36. The third-order valence-electron chi connectivity index (χ3n) is 11.8. The molecule has 2 nitrogen and oxygen atoms in total. The van der Waals surface area contributed by atoms with Gasteiger partial charge in [-0.15, -0.1) is 0 Å². The number of rotatable bonds is 7. The molecule has 2 heterocycles. The standard InChI is InChI=1S/C54H38N2Si/c1-6-21-39(22-7-1)40-23-20-32-45(37-40)57(43-28-12-4-13-29-43,44-30-14-5-15-31-44)51-38-48-46-33-16-18-35-49(46)55(41-24-8-2-9-25-41)53(48)52-47-34-17-19-36-50(47)56(54(51)52)42-26-10-3-11-27-42/h1-38H. The zero-order chi connectivity index (χ0) is 37.8. The predicted molar refractivity (Wildman–Crippen MR) is 244 cm³/mol. The van der Waals surface area contributed by atoms with Crippen molar-refractivity contribution in [3.63, 3.8) is 0 Å². The first kappa shape index (κ1) is 33.2. The molecule has 2 aromatic heterocycles. The molecule has 0 atom stereocenters. The third-order valence-corrected chi connectivity index (χ3v) is 16.6. The smallest absolute Gasteiger partial charge is 0.181 e. The Labute approximate surface area is 333 Å². The van der Waals surface area contributed by atoms with Gasteiger partial charge < -0.3 is 9.13 Å². The number of benzene rings is 9. The molecular formula is C54H38N2Si. The summed E-state index contributed by atoms with van der Waals surface area (Å²) in [5.74, 6) is 0. The number of fused-ring (bicyclic) bond motifs is 7. The normalized spacial score (nSPS) is 11.9. The lowest BCUT2D eigenvalue weighted by molar-refractivity contribution is 1.18. The van der Waals surface area contributed by atoms with Gasteiger partial charge in [0, 0.05) is 32.9 Å². The van der Waals surface area contributed by atoms with Crippen molar-refractivity contribution in [2.45, 2.75) is 0 Å². The van der Waals surface area contributed by atoms with Crippen molar-refractivity contribution in [2.24, 2.45) is 0 Å². The van der Waals surface area contributed by atoms with Crippen LogP contribution in [-0.4, -0.2) is 17.2 Å². The summed E-state index contributed by atoms with van der Waals surface area (Å²) in [5, 5.41) is 10.4. The number of aromatic nitrogens is 2. The van der Waals surface area contributed by atoms with Gasteiger partial charge in [0.15, 0.2) is 8.07 Å². The summed E-state index contributed by atoms with van der Waals surface area (Å²) in [4.78, 5) is 0. The summed E-state index contributed by atoms with van der Waals surface area (Å²) in [6.07, 6.45) is 0. The van der Waals surface area contributed by atoms with Gasteiger partial charge in [-0.3, -0.25) is 0 Å². The van der Waals surface area contributed by atoms with Crippen LogP contribution in [0.2, 0.25) is 0 Å². The van der Waals surface area contributed by atoms with Crippen molar-refractivity contribution in [3.05, 3.63) is 231 Å². The van der Waals surface area contributed by atoms with E-state index in [1.807, 2.05) is 0 Å². The number of hydrogen-bond acceptors (Lipinski definition) is 0. The van der Waals surface area contributed by atoms with E-state index in [-0.39, 0.29) is 0 Å². The monoisotopic (exact) mass is 742 g/mol. The molecule has 0 amide bonds. The van der Waals surface area contributed by atoms with Crippen LogP contribution in [0.4, 0.5) is 0 Å². The minimum Gasteiger partial charge on any atom is -0.309 e. The zero-order valence-corrected chi connectivity index (χ0v) is 32.3. The fourth-order valence-electron chi connectivity index (χ4n) is 9.49. The van der Waals surface area contributed by atoms with Crippen LogP contribution in [0, 0.1) is 0 Å². The number of nitrogens with zero attached hydrogens (tertiary/aromatic N) is 2. The van der Waals surface area contributed by atoms with E-state index in [0.717, 1.165) is 11.4 Å². The summed E-state index contributed by atoms with van der Waals surface area (Å²) in [6.45, 7) is 0. The van der Waals surface area contributed by atoms with Gasteiger partial charge in [0.05, 0.1) is 22.1 Å². The van der Waals surface area contributed by atoms with Crippen LogP contribution in [0.5, 0.6) is 0 Å². The van der Waals surface area contributed by atoms with Gasteiger partial charge in [-0.1, -0.05) is 188 Å². The molecule has 268 valence electrons. The van der Waals surface area contributed by atoms with E-state index in [0.29, 0.717) is 0 Å². The minimum absolute atomic E-state index is 1.15. The largest absolute Gasteiger partial charge is 0.309 e. The Balaban J connectivity index is 1.44. The van der Waals surface area contributed by atoms with Crippen LogP contribution in [0.1, 0.15) is 0 Å². The van der Waals surface area contributed by atoms with Crippen molar-refractivity contribution in [3.8, 4) is 22.5 Å². The Kier molecular flexibility index (Phi) is 7.87. The molecule has 0 aliphatic heterocycles. The average molecular weight is 743 g/mol. The molecule has 0 aliphatic carbocycles. The topological polar surface area (TPSA) is 9.86 Å². The van der Waals surface area contributed by atoms with Crippen molar-refractivity contribution >= 4 is 72.4 Å². The van der Waals surface area contributed by atoms with Crippen LogP contribution < -0.4 is 20.7 Å². The highest BCUT2D eigenvalue weighted by atomic mass is 28.3. The Morgan fingerprint density at radius 1 is 0.298 bits per heavy atom. The van der Waals surface area contributed by atoms with E-state index in [1.54, 1.807) is 0 Å². The van der Waals surface area contributed by atoms with Crippen molar-refractivity contribution in [2.75, 3.05) is 0 Å². The molecule has 0 aliphatic rings. The van der Waals surface area contributed by atoms with E-state index in [4.69, 9.17) is 0 Å². The second kappa shape index (κ2) is 13.5. The van der Waals surface area contributed by atoms with Crippen LogP contribution in [0.15, 0.2) is 231 Å². The Morgan fingerprint density at radius 2 is 0.737 bits per heavy atom. The van der Waals surface area contributed by atoms with Gasteiger partial charge in [-0.2, -0.15) is 0 Å². The molecular weight excluding hydrogens is 705 g/mol. The van der Waals surface area contributed by atoms with E-state index < -0.39 is 8.07 Å². The van der Waals surface area contributed by atoms with Gasteiger partial charge in [-0.25, -0.2) is 0 Å². The Bertz CT molecular complexity index is 3160. The maximum absolute atomic E-state index is 3.16. The molecule has 11 aromatic rings. The summed E-state index contributed by atoms with van der Waals surface area (Å²) in [6, 6.07) is 85.4. The fourth-order valence-corrected chi connectivity index (χ4v) is 14.5. The van der Waals surface area contributed by atoms with Crippen LogP contribution in [0.3, 0.4) is 0 Å². The first-order valence-corrected chi connectivity index (χ1v) is 21.7. The van der Waals surface area contributed by atoms with Crippen LogP contribution in [0.25, 0.3) is 66.1 Å². The minimum atomic E-state index is -3.16. The van der Waals surface area contributed by atoms with Crippen molar-refractivity contribution in [1.29, 1.82) is 0 Å². The molecule has 3 heteroatoms. The summed E-state index contributed by atoms with van der Waals surface area (Å²) in [7, 11) is -3.16. The van der Waals surface area contributed by atoms with Gasteiger partial charge in [0.1, 0.15) is 0 Å². The van der Waals surface area contributed by atoms with E-state index >= 15 is 0 Å². The Morgan fingerprint density at radius 3 is 1.33 bits per heavy atom. The molecule has 0 unspecified atom stereocenters. The van der Waals surface area contributed by atoms with E-state index in [9.17, 15) is 0 Å². The average Bonchev–Trinajstić information content (AvgIpc) is 3.82.